The zero-order valence-electron chi connectivity index (χ0n) is 34.8. The van der Waals surface area contributed by atoms with Gasteiger partial charge >= 0.3 is 18.1 Å². The van der Waals surface area contributed by atoms with Crippen LogP contribution in [0, 0.1) is 29.9 Å². The molecule has 4 saturated heterocycles. The Morgan fingerprint density at radius 3 is 2.63 bits per heavy atom. The second-order valence-electron chi connectivity index (χ2n) is 17.0. The van der Waals surface area contributed by atoms with E-state index in [1.807, 2.05) is 25.7 Å². The summed E-state index contributed by atoms with van der Waals surface area (Å²) in [4.78, 5) is 45.4. The molecule has 2 bridgehead atoms. The second kappa shape index (κ2) is 18.2. The summed E-state index contributed by atoms with van der Waals surface area (Å²) < 4.78 is 64.3. The van der Waals surface area contributed by atoms with Gasteiger partial charge in [-0.25, -0.2) is 18.0 Å². The Labute approximate surface area is 366 Å². The number of fused-ring (bicyclic) bond motifs is 5. The van der Waals surface area contributed by atoms with Crippen LogP contribution in [0.15, 0.2) is 30.5 Å². The first-order valence-electron chi connectivity index (χ1n) is 21.0. The number of pyridine rings is 1. The SMILES string of the molecule is C#Cc1c(F)ccc2cc(O)cc(-c3ncc4c(N5CC6CCC(C5)N6C(=O)OCC(C)SSCCOC(=O)[C@@H](N)C(C)C)nc(OCC56CCCN5C[C@H](F)C6)nc4c3F)c12. The zero-order valence-corrected chi connectivity index (χ0v) is 36.5. The quantitative estimate of drug-likeness (QED) is 0.0587. The van der Waals surface area contributed by atoms with Gasteiger partial charge < -0.3 is 30.0 Å². The first kappa shape index (κ1) is 43.9. The molecule has 330 valence electrons. The molecule has 4 aromatic rings. The van der Waals surface area contributed by atoms with Crippen molar-refractivity contribution >= 4 is 61.1 Å². The van der Waals surface area contributed by atoms with Crippen molar-refractivity contribution < 1.29 is 42.1 Å². The number of aromatic nitrogens is 3. The number of alkyl halides is 1. The number of esters is 1. The molecule has 0 aliphatic carbocycles. The molecule has 0 saturated carbocycles. The van der Waals surface area contributed by atoms with Crippen LogP contribution in [0.5, 0.6) is 11.8 Å². The summed E-state index contributed by atoms with van der Waals surface area (Å²) in [6.45, 7) is 8.03. The van der Waals surface area contributed by atoms with Gasteiger partial charge in [0.2, 0.25) is 0 Å². The number of nitrogens with two attached hydrogens (primary N) is 1. The van der Waals surface area contributed by atoms with Gasteiger partial charge in [0.05, 0.1) is 28.6 Å². The fourth-order valence-electron chi connectivity index (χ4n) is 9.29. The standard InChI is InChI=1S/C44H50F3N7O6S2/c1-5-31-34(46)10-7-26-15-30(55)16-32(35(26)31)38-36(47)39-33(18-49-38)40(51-42(50-39)60-23-44-11-6-12-53(44)19-27(45)17-44)52-20-28-8-9-29(21-52)54(28)43(57)59-22-25(4)62-61-14-13-58-41(56)37(48)24(2)3/h1,7,10,15-16,18,24-25,27-29,37,55H,6,8-9,11-14,17,19-23,48H2,2-4H3/t25?,27-,28?,29?,37+,44?/m1/s1. The molecule has 4 aliphatic rings. The smallest absolute Gasteiger partial charge is 0.410 e. The Kier molecular flexibility index (Phi) is 12.9. The zero-order chi connectivity index (χ0) is 43.9. The first-order chi connectivity index (χ1) is 29.8. The third-order valence-corrected chi connectivity index (χ3v) is 15.2. The summed E-state index contributed by atoms with van der Waals surface area (Å²) in [5.74, 6) is 1.13. The Morgan fingerprint density at radius 1 is 1.11 bits per heavy atom. The number of phenolic OH excluding ortho intramolecular Hbond substituents is 1. The Bertz CT molecular complexity index is 2400. The lowest BCUT2D eigenvalue weighted by Gasteiger charge is -2.41. The molecular formula is C44H50F3N7O6S2. The minimum Gasteiger partial charge on any atom is -0.508 e. The molecule has 4 unspecified atom stereocenters. The topological polar surface area (TPSA) is 156 Å². The number of ether oxygens (including phenoxy) is 3. The molecule has 3 N–H and O–H groups in total. The average Bonchev–Trinajstić information content (AvgIpc) is 3.87. The molecule has 2 aromatic heterocycles. The number of carbonyl (C=O) groups excluding carboxylic acids is 2. The van der Waals surface area contributed by atoms with E-state index in [2.05, 4.69) is 20.8 Å². The largest absolute Gasteiger partial charge is 0.508 e. The molecule has 4 aliphatic heterocycles. The Hall–Kier alpha value is -4.70. The van der Waals surface area contributed by atoms with Crippen LogP contribution in [0.3, 0.4) is 0 Å². The number of piperazine rings is 1. The lowest BCUT2D eigenvalue weighted by Crippen LogP contribution is -2.56. The lowest BCUT2D eigenvalue weighted by molar-refractivity contribution is -0.145. The van der Waals surface area contributed by atoms with Gasteiger partial charge in [0, 0.05) is 54.2 Å². The van der Waals surface area contributed by atoms with Crippen LogP contribution < -0.4 is 15.4 Å². The number of rotatable bonds is 14. The van der Waals surface area contributed by atoms with Crippen molar-refractivity contribution in [3.63, 3.8) is 0 Å². The number of aromatic hydroxyl groups is 1. The van der Waals surface area contributed by atoms with E-state index in [-0.39, 0.29) is 87.9 Å². The normalized spacial score (nSPS) is 23.2. The van der Waals surface area contributed by atoms with Crippen molar-refractivity contribution in [2.45, 2.75) is 88.0 Å². The molecule has 0 spiro atoms. The number of carbonyl (C=O) groups is 2. The predicted octanol–water partition coefficient (Wildman–Crippen LogP) is 6.85. The molecule has 6 atom stereocenters. The van der Waals surface area contributed by atoms with Gasteiger partial charge in [-0.15, -0.1) is 6.42 Å². The molecule has 0 radical (unpaired) electrons. The van der Waals surface area contributed by atoms with Gasteiger partial charge in [-0.1, -0.05) is 47.4 Å². The summed E-state index contributed by atoms with van der Waals surface area (Å²) in [6, 6.07) is 4.15. The third-order valence-electron chi connectivity index (χ3n) is 12.4. The number of terminal acetylenes is 1. The summed E-state index contributed by atoms with van der Waals surface area (Å²) in [7, 11) is 3.06. The summed E-state index contributed by atoms with van der Waals surface area (Å²) >= 11 is 0. The van der Waals surface area contributed by atoms with Crippen molar-refractivity contribution in [3.8, 4) is 35.4 Å². The maximum Gasteiger partial charge on any atom is 0.410 e. The van der Waals surface area contributed by atoms with Crippen molar-refractivity contribution in [1.82, 2.24) is 24.8 Å². The van der Waals surface area contributed by atoms with E-state index in [1.165, 1.54) is 52.1 Å². The number of halogens is 3. The van der Waals surface area contributed by atoms with Crippen molar-refractivity contribution in [3.05, 3.63) is 47.7 Å². The summed E-state index contributed by atoms with van der Waals surface area (Å²) in [5, 5.41) is 11.5. The number of anilines is 1. The maximum absolute atomic E-state index is 17.2. The third kappa shape index (κ3) is 8.65. The average molecular weight is 894 g/mol. The number of nitrogens with zero attached hydrogens (tertiary/aromatic N) is 6. The maximum atomic E-state index is 17.2. The molecule has 8 rings (SSSR count). The number of hydrogen-bond acceptors (Lipinski definition) is 14. The Balaban J connectivity index is 1.03. The first-order valence-corrected chi connectivity index (χ1v) is 23.4. The molecule has 1 amide bonds. The fourth-order valence-corrected chi connectivity index (χ4v) is 11.2. The minimum absolute atomic E-state index is 0.0100. The van der Waals surface area contributed by atoms with E-state index >= 15 is 8.78 Å². The van der Waals surface area contributed by atoms with Crippen molar-refractivity contribution in [2.24, 2.45) is 11.7 Å². The highest BCUT2D eigenvalue weighted by Crippen LogP contribution is 2.43. The van der Waals surface area contributed by atoms with Crippen LogP contribution in [0.25, 0.3) is 32.9 Å². The van der Waals surface area contributed by atoms with Gasteiger partial charge in [-0.2, -0.15) is 9.97 Å². The van der Waals surface area contributed by atoms with E-state index in [0.29, 0.717) is 43.0 Å². The van der Waals surface area contributed by atoms with Crippen molar-refractivity contribution in [2.75, 3.05) is 56.7 Å². The van der Waals surface area contributed by atoms with E-state index in [9.17, 15) is 19.1 Å². The van der Waals surface area contributed by atoms with Crippen LogP contribution in [0.4, 0.5) is 23.8 Å². The highest BCUT2D eigenvalue weighted by molar-refractivity contribution is 8.76. The molecule has 62 heavy (non-hydrogen) atoms. The molecule has 2 aromatic carbocycles. The molecule has 4 fully saturated rings. The highest BCUT2D eigenvalue weighted by Gasteiger charge is 2.50. The molecular weight excluding hydrogens is 844 g/mol. The van der Waals surface area contributed by atoms with Crippen LogP contribution in [0.2, 0.25) is 0 Å². The van der Waals surface area contributed by atoms with E-state index in [1.54, 1.807) is 4.90 Å². The van der Waals surface area contributed by atoms with E-state index in [0.717, 1.165) is 32.2 Å². The van der Waals surface area contributed by atoms with Crippen LogP contribution >= 0.6 is 21.6 Å². The van der Waals surface area contributed by atoms with Gasteiger partial charge in [0.1, 0.15) is 60.6 Å². The van der Waals surface area contributed by atoms with E-state index < -0.39 is 41.4 Å². The second-order valence-corrected chi connectivity index (χ2v) is 19.9. The van der Waals surface area contributed by atoms with Gasteiger partial charge in [0.25, 0.3) is 0 Å². The minimum atomic E-state index is -0.981. The summed E-state index contributed by atoms with van der Waals surface area (Å²) in [6.07, 6.45) is 9.20. The molecule has 6 heterocycles. The van der Waals surface area contributed by atoms with Crippen LogP contribution in [-0.2, 0) is 14.3 Å². The highest BCUT2D eigenvalue weighted by atomic mass is 33.1. The van der Waals surface area contributed by atoms with Crippen LogP contribution in [-0.4, -0.2) is 129 Å². The summed E-state index contributed by atoms with van der Waals surface area (Å²) in [5.41, 5.74) is 4.99. The monoisotopic (exact) mass is 893 g/mol. The van der Waals surface area contributed by atoms with Gasteiger partial charge in [0.15, 0.2) is 5.82 Å². The molecule has 13 nitrogen and oxygen atoms in total. The lowest BCUT2D eigenvalue weighted by atomic mass is 9.95. The predicted molar refractivity (Wildman–Crippen MR) is 234 cm³/mol. The number of benzene rings is 2. The van der Waals surface area contributed by atoms with Gasteiger partial charge in [-0.3, -0.25) is 19.6 Å². The number of phenols is 1. The van der Waals surface area contributed by atoms with E-state index in [4.69, 9.17) is 31.4 Å². The Morgan fingerprint density at radius 2 is 1.89 bits per heavy atom. The number of amides is 1. The van der Waals surface area contributed by atoms with Crippen LogP contribution in [0.1, 0.15) is 58.4 Å². The van der Waals surface area contributed by atoms with Crippen molar-refractivity contribution in [1.29, 1.82) is 0 Å². The molecule has 18 heteroatoms. The van der Waals surface area contributed by atoms with Gasteiger partial charge in [-0.05, 0) is 68.7 Å². The number of hydrogen-bond donors (Lipinski definition) is 2. The fraction of sp³-hybridized carbons (Fsp3) is 0.523.